The average molecular weight is 327 g/mol. The number of hydrogen-bond donors (Lipinski definition) is 2. The van der Waals surface area contributed by atoms with E-state index in [-0.39, 0.29) is 16.4 Å². The predicted molar refractivity (Wildman–Crippen MR) is 78.9 cm³/mol. The Hall–Kier alpha value is -2.00. The number of aryl methyl sites for hydroxylation is 1. The summed E-state index contributed by atoms with van der Waals surface area (Å²) < 4.78 is 26.4. The summed E-state index contributed by atoms with van der Waals surface area (Å²) in [4.78, 5) is 10.9. The van der Waals surface area contributed by atoms with Gasteiger partial charge in [-0.15, -0.1) is 10.2 Å². The summed E-state index contributed by atoms with van der Waals surface area (Å²) in [6.07, 6.45) is 0.681. The number of anilines is 1. The van der Waals surface area contributed by atoms with E-state index in [9.17, 15) is 13.2 Å². The van der Waals surface area contributed by atoms with E-state index in [1.807, 2.05) is 6.92 Å². The fourth-order valence-electron chi connectivity index (χ4n) is 1.62. The molecule has 0 aliphatic heterocycles. The molecule has 21 heavy (non-hydrogen) atoms. The lowest BCUT2D eigenvalue weighted by molar-refractivity contribution is 0.0696. The molecule has 1 heterocycles. The highest BCUT2D eigenvalue weighted by atomic mass is 32.2. The van der Waals surface area contributed by atoms with Crippen LogP contribution in [0, 0.1) is 0 Å². The lowest BCUT2D eigenvalue weighted by Crippen LogP contribution is -2.15. The molecule has 7 nitrogen and oxygen atoms in total. The molecule has 0 fully saturated rings. The van der Waals surface area contributed by atoms with Crippen LogP contribution in [0.5, 0.6) is 0 Å². The zero-order valence-electron chi connectivity index (χ0n) is 11.1. The lowest BCUT2D eigenvalue weighted by atomic mass is 10.1. The van der Waals surface area contributed by atoms with Crippen LogP contribution < -0.4 is 4.72 Å². The van der Waals surface area contributed by atoms with Crippen LogP contribution in [0.25, 0.3) is 0 Å². The van der Waals surface area contributed by atoms with Gasteiger partial charge in [0.05, 0.1) is 11.3 Å². The number of rotatable bonds is 6. The van der Waals surface area contributed by atoms with Gasteiger partial charge in [0.15, 0.2) is 0 Å². The summed E-state index contributed by atoms with van der Waals surface area (Å²) in [5.41, 5.74) is 0.439. The van der Waals surface area contributed by atoms with Crippen LogP contribution >= 0.6 is 11.3 Å². The fraction of sp³-hybridized carbons (Fsp3) is 0.250. The summed E-state index contributed by atoms with van der Waals surface area (Å²) >= 11 is 1.17. The minimum Gasteiger partial charge on any atom is -0.478 e. The maximum absolute atomic E-state index is 12.0. The van der Waals surface area contributed by atoms with Crippen molar-refractivity contribution in [1.29, 1.82) is 0 Å². The van der Waals surface area contributed by atoms with E-state index in [1.54, 1.807) is 6.07 Å². The molecule has 2 aromatic rings. The fourth-order valence-corrected chi connectivity index (χ4v) is 3.70. The molecule has 2 N–H and O–H groups in total. The van der Waals surface area contributed by atoms with Crippen LogP contribution in [0.3, 0.4) is 0 Å². The largest absolute Gasteiger partial charge is 0.478 e. The quantitative estimate of drug-likeness (QED) is 0.836. The Balaban J connectivity index is 2.13. The van der Waals surface area contributed by atoms with Crippen molar-refractivity contribution in [2.75, 3.05) is 4.72 Å². The third kappa shape index (κ3) is 4.23. The highest BCUT2D eigenvalue weighted by Crippen LogP contribution is 2.18. The van der Waals surface area contributed by atoms with Gasteiger partial charge in [0, 0.05) is 0 Å². The summed E-state index contributed by atoms with van der Waals surface area (Å²) in [6.45, 7) is 1.90. The Bertz CT molecular complexity index is 755. The molecule has 0 aliphatic rings. The van der Waals surface area contributed by atoms with Crippen molar-refractivity contribution in [3.05, 3.63) is 40.4 Å². The molecule has 0 atom stereocenters. The van der Waals surface area contributed by atoms with Gasteiger partial charge in [-0.05, 0) is 24.1 Å². The van der Waals surface area contributed by atoms with Gasteiger partial charge in [-0.3, -0.25) is 4.72 Å². The molecular weight excluding hydrogens is 314 g/mol. The van der Waals surface area contributed by atoms with Gasteiger partial charge in [0.2, 0.25) is 15.2 Å². The van der Waals surface area contributed by atoms with Gasteiger partial charge in [0.25, 0.3) is 0 Å². The molecular formula is C12H13N3O4S2. The van der Waals surface area contributed by atoms with E-state index in [0.29, 0.717) is 12.0 Å². The summed E-state index contributed by atoms with van der Waals surface area (Å²) in [5.74, 6) is -1.42. The van der Waals surface area contributed by atoms with Crippen LogP contribution in [0.15, 0.2) is 24.3 Å². The number of nitrogens with zero attached hydrogens (tertiary/aromatic N) is 2. The van der Waals surface area contributed by atoms with E-state index in [1.165, 1.54) is 29.5 Å². The molecule has 1 aromatic heterocycles. The summed E-state index contributed by atoms with van der Waals surface area (Å²) in [7, 11) is -3.66. The first-order valence-electron chi connectivity index (χ1n) is 6.04. The topological polar surface area (TPSA) is 109 Å². The minimum atomic E-state index is -3.66. The molecule has 1 aromatic carbocycles. The number of carbonyl (C=O) groups is 1. The summed E-state index contributed by atoms with van der Waals surface area (Å²) in [5, 5.41) is 17.4. The lowest BCUT2D eigenvalue weighted by Gasteiger charge is -2.05. The highest BCUT2D eigenvalue weighted by molar-refractivity contribution is 7.92. The number of nitrogens with one attached hydrogen (secondary N) is 1. The second-order valence-corrected chi connectivity index (χ2v) is 7.01. The van der Waals surface area contributed by atoms with Gasteiger partial charge in [0.1, 0.15) is 5.01 Å². The summed E-state index contributed by atoms with van der Waals surface area (Å²) in [6, 6.07) is 5.81. The molecule has 0 spiro atoms. The first-order valence-corrected chi connectivity index (χ1v) is 8.51. The van der Waals surface area contributed by atoms with E-state index in [2.05, 4.69) is 14.9 Å². The number of aromatic carboxylic acids is 1. The number of carboxylic acids is 1. The Morgan fingerprint density at radius 2 is 2.14 bits per heavy atom. The normalized spacial score (nSPS) is 11.3. The number of benzene rings is 1. The molecule has 0 amide bonds. The second-order valence-electron chi connectivity index (χ2n) is 4.22. The molecule has 0 unspecified atom stereocenters. The molecule has 0 saturated heterocycles. The molecule has 112 valence electrons. The second kappa shape index (κ2) is 6.19. The maximum atomic E-state index is 12.0. The number of hydrogen-bond acceptors (Lipinski definition) is 6. The number of aromatic nitrogens is 2. The van der Waals surface area contributed by atoms with Gasteiger partial charge in [-0.1, -0.05) is 30.4 Å². The third-order valence-corrected chi connectivity index (χ3v) is 4.87. The standard InChI is InChI=1S/C12H13N3O4S2/c1-2-10-13-14-12(20-10)15-21(18,19)7-8-4-3-5-9(6-8)11(16)17/h3-6H,2,7H2,1H3,(H,14,15)(H,16,17). The predicted octanol–water partition coefficient (Wildman–Crippen LogP) is 1.74. The molecule has 2 rings (SSSR count). The van der Waals surface area contributed by atoms with Crippen molar-refractivity contribution in [1.82, 2.24) is 10.2 Å². The Labute approximate surface area is 125 Å². The van der Waals surface area contributed by atoms with Crippen LogP contribution in [0.4, 0.5) is 5.13 Å². The van der Waals surface area contributed by atoms with Gasteiger partial charge in [-0.25, -0.2) is 13.2 Å². The van der Waals surface area contributed by atoms with Crippen molar-refractivity contribution in [3.8, 4) is 0 Å². The van der Waals surface area contributed by atoms with Crippen molar-refractivity contribution in [3.63, 3.8) is 0 Å². The van der Waals surface area contributed by atoms with Crippen LogP contribution in [0.1, 0.15) is 27.9 Å². The SMILES string of the molecule is CCc1nnc(NS(=O)(=O)Cc2cccc(C(=O)O)c2)s1. The number of carboxylic acid groups (broad SMARTS) is 1. The van der Waals surface area contributed by atoms with E-state index in [4.69, 9.17) is 5.11 Å². The van der Waals surface area contributed by atoms with Crippen molar-refractivity contribution in [2.24, 2.45) is 0 Å². The molecule has 9 heteroatoms. The third-order valence-electron chi connectivity index (χ3n) is 2.54. The first-order chi connectivity index (χ1) is 9.89. The van der Waals surface area contributed by atoms with Crippen LogP contribution in [-0.2, 0) is 22.2 Å². The Morgan fingerprint density at radius 1 is 1.38 bits per heavy atom. The zero-order valence-corrected chi connectivity index (χ0v) is 12.7. The van der Waals surface area contributed by atoms with E-state index < -0.39 is 16.0 Å². The minimum absolute atomic E-state index is 0.0480. The van der Waals surface area contributed by atoms with Crippen molar-refractivity contribution in [2.45, 2.75) is 19.1 Å². The average Bonchev–Trinajstić information content (AvgIpc) is 2.85. The van der Waals surface area contributed by atoms with E-state index in [0.717, 1.165) is 5.01 Å². The molecule has 0 aliphatic carbocycles. The van der Waals surface area contributed by atoms with Gasteiger partial charge < -0.3 is 5.11 Å². The zero-order chi connectivity index (χ0) is 15.5. The smallest absolute Gasteiger partial charge is 0.335 e. The molecule has 0 saturated carbocycles. The Kier molecular flexibility index (Phi) is 4.53. The Morgan fingerprint density at radius 3 is 2.76 bits per heavy atom. The van der Waals surface area contributed by atoms with Crippen LogP contribution in [-0.4, -0.2) is 29.7 Å². The van der Waals surface area contributed by atoms with Crippen molar-refractivity contribution >= 4 is 32.5 Å². The van der Waals surface area contributed by atoms with E-state index >= 15 is 0 Å². The van der Waals surface area contributed by atoms with Crippen molar-refractivity contribution < 1.29 is 18.3 Å². The van der Waals surface area contributed by atoms with Gasteiger partial charge >= 0.3 is 5.97 Å². The molecule has 0 bridgehead atoms. The monoisotopic (exact) mass is 327 g/mol. The first kappa shape index (κ1) is 15.4. The number of sulfonamides is 1. The maximum Gasteiger partial charge on any atom is 0.335 e. The van der Waals surface area contributed by atoms with Crippen LogP contribution in [0.2, 0.25) is 0 Å². The molecule has 0 radical (unpaired) electrons. The highest BCUT2D eigenvalue weighted by Gasteiger charge is 2.15. The van der Waals surface area contributed by atoms with Gasteiger partial charge in [-0.2, -0.15) is 0 Å².